The van der Waals surface area contributed by atoms with Crippen LogP contribution < -0.4 is 5.32 Å². The number of hydrogen-bond donors (Lipinski definition) is 1. The Morgan fingerprint density at radius 1 is 1.28 bits per heavy atom. The molecule has 168 valence electrons. The number of carbonyl (C=O) groups excluding carboxylic acids is 3. The molecule has 0 radical (unpaired) electrons. The first-order valence-corrected chi connectivity index (χ1v) is 10.8. The topological polar surface area (TPSA) is 127 Å². The number of nitro benzene ring substituents is 1. The zero-order valence-corrected chi connectivity index (χ0v) is 18.9. The van der Waals surface area contributed by atoms with Gasteiger partial charge in [0.15, 0.2) is 0 Å². The number of carbonyl (C=O) groups is 3. The van der Waals surface area contributed by atoms with Gasteiger partial charge in [-0.2, -0.15) is 5.10 Å². The van der Waals surface area contributed by atoms with Crippen LogP contribution in [0.15, 0.2) is 29.2 Å². The molecule has 1 aromatic heterocycles. The normalized spacial score (nSPS) is 15.0. The maximum absolute atomic E-state index is 12.6. The second-order valence-corrected chi connectivity index (χ2v) is 8.45. The minimum atomic E-state index is -0.622. The van der Waals surface area contributed by atoms with E-state index in [1.165, 1.54) is 24.3 Å². The Kier molecular flexibility index (Phi) is 7.31. The molecular weight excluding hydrogens is 458 g/mol. The van der Waals surface area contributed by atoms with Crippen molar-refractivity contribution in [3.05, 3.63) is 61.3 Å². The van der Waals surface area contributed by atoms with Crippen LogP contribution in [0.25, 0.3) is 6.08 Å². The van der Waals surface area contributed by atoms with Gasteiger partial charge in [-0.1, -0.05) is 17.7 Å². The molecule has 2 aromatic rings. The lowest BCUT2D eigenvalue weighted by atomic mass is 10.2. The third kappa shape index (κ3) is 5.54. The first kappa shape index (κ1) is 23.5. The van der Waals surface area contributed by atoms with Crippen molar-refractivity contribution in [2.24, 2.45) is 0 Å². The van der Waals surface area contributed by atoms with Crippen LogP contribution in [0.2, 0.25) is 5.02 Å². The maximum atomic E-state index is 12.6. The molecule has 1 aromatic carbocycles. The molecule has 0 unspecified atom stereocenters. The van der Waals surface area contributed by atoms with Crippen molar-refractivity contribution in [2.45, 2.75) is 26.8 Å². The number of nitrogens with zero attached hydrogens (tertiary/aromatic N) is 4. The first-order valence-electron chi connectivity index (χ1n) is 9.63. The summed E-state index contributed by atoms with van der Waals surface area (Å²) in [4.78, 5) is 48.4. The second kappa shape index (κ2) is 9.96. The zero-order valence-electron chi connectivity index (χ0n) is 17.3. The van der Waals surface area contributed by atoms with Crippen LogP contribution in [0.1, 0.15) is 23.4 Å². The fourth-order valence-electron chi connectivity index (χ4n) is 3.11. The van der Waals surface area contributed by atoms with E-state index in [1.54, 1.807) is 4.68 Å². The van der Waals surface area contributed by atoms with E-state index in [1.807, 2.05) is 19.9 Å². The van der Waals surface area contributed by atoms with E-state index in [0.717, 1.165) is 28.0 Å². The highest BCUT2D eigenvalue weighted by atomic mass is 35.5. The van der Waals surface area contributed by atoms with E-state index < -0.39 is 16.1 Å². The molecule has 1 fully saturated rings. The molecule has 10 nitrogen and oxygen atoms in total. The van der Waals surface area contributed by atoms with Gasteiger partial charge in [0.25, 0.3) is 16.8 Å². The van der Waals surface area contributed by atoms with E-state index in [2.05, 4.69) is 10.4 Å². The number of halogens is 1. The van der Waals surface area contributed by atoms with Crippen molar-refractivity contribution in [1.29, 1.82) is 0 Å². The third-order valence-corrected chi connectivity index (χ3v) is 5.88. The highest BCUT2D eigenvalue weighted by Gasteiger charge is 2.34. The zero-order chi connectivity index (χ0) is 23.4. The van der Waals surface area contributed by atoms with E-state index in [0.29, 0.717) is 12.1 Å². The quantitative estimate of drug-likeness (QED) is 0.351. The number of thioether (sulfide) groups is 1. The Bertz CT molecular complexity index is 1130. The number of benzene rings is 1. The summed E-state index contributed by atoms with van der Waals surface area (Å²) in [6, 6.07) is 6.04. The van der Waals surface area contributed by atoms with Crippen molar-refractivity contribution >= 4 is 52.2 Å². The van der Waals surface area contributed by atoms with Gasteiger partial charge in [0.2, 0.25) is 5.91 Å². The van der Waals surface area contributed by atoms with Crippen LogP contribution in [0.4, 0.5) is 10.5 Å². The predicted octanol–water partition coefficient (Wildman–Crippen LogP) is 3.30. The summed E-state index contributed by atoms with van der Waals surface area (Å²) >= 11 is 6.53. The molecule has 3 rings (SSSR count). The van der Waals surface area contributed by atoms with E-state index in [4.69, 9.17) is 11.6 Å². The average Bonchev–Trinajstić information content (AvgIpc) is 3.19. The first-order chi connectivity index (χ1) is 15.2. The minimum Gasteiger partial charge on any atom is -0.354 e. The fraction of sp³-hybridized carbons (Fsp3) is 0.300. The number of nitro groups is 1. The monoisotopic (exact) mass is 477 g/mol. The fourth-order valence-corrected chi connectivity index (χ4v) is 4.16. The van der Waals surface area contributed by atoms with Crippen LogP contribution in [0.5, 0.6) is 0 Å². The van der Waals surface area contributed by atoms with Crippen molar-refractivity contribution in [1.82, 2.24) is 20.0 Å². The molecule has 1 N–H and O–H groups in total. The molecule has 0 atom stereocenters. The number of rotatable bonds is 8. The summed E-state index contributed by atoms with van der Waals surface area (Å²) in [5.41, 5.74) is 1.93. The summed E-state index contributed by atoms with van der Waals surface area (Å²) in [7, 11) is 0. The number of nitrogens with one attached hydrogen (secondary N) is 1. The summed E-state index contributed by atoms with van der Waals surface area (Å²) in [6.07, 6.45) is 1.63. The van der Waals surface area contributed by atoms with Gasteiger partial charge in [0.05, 0.1) is 15.5 Å². The highest BCUT2D eigenvalue weighted by molar-refractivity contribution is 8.18. The molecule has 0 bridgehead atoms. The molecule has 1 aliphatic rings. The Morgan fingerprint density at radius 2 is 2.03 bits per heavy atom. The van der Waals surface area contributed by atoms with Gasteiger partial charge >= 0.3 is 0 Å². The van der Waals surface area contributed by atoms with Gasteiger partial charge in [-0.25, -0.2) is 0 Å². The second-order valence-electron chi connectivity index (χ2n) is 7.05. The lowest BCUT2D eigenvalue weighted by Crippen LogP contribution is -2.37. The number of hydrogen-bond acceptors (Lipinski definition) is 7. The number of amides is 3. The lowest BCUT2D eigenvalue weighted by Gasteiger charge is -2.13. The molecule has 1 aliphatic heterocycles. The standard InChI is InChI=1S/C20H20ClN5O5S/c1-12-9-13(2)25(23-12)7-5-18(27)22-6-8-24-19(28)17(32-20(24)29)11-14-3-4-15(21)16(10-14)26(30)31/h3-4,9-11H,5-8H2,1-2H3,(H,22,27)/b17-11+. The number of aryl methyl sites for hydroxylation is 3. The van der Waals surface area contributed by atoms with Gasteiger partial charge in [0.1, 0.15) is 5.02 Å². The summed E-state index contributed by atoms with van der Waals surface area (Å²) in [6.45, 7) is 4.36. The molecule has 3 amide bonds. The van der Waals surface area contributed by atoms with Gasteiger partial charge < -0.3 is 5.32 Å². The molecule has 1 saturated heterocycles. The third-order valence-electron chi connectivity index (χ3n) is 4.65. The Hall–Kier alpha value is -3.18. The molecule has 2 heterocycles. The largest absolute Gasteiger partial charge is 0.354 e. The molecule has 0 saturated carbocycles. The lowest BCUT2D eigenvalue weighted by molar-refractivity contribution is -0.384. The maximum Gasteiger partial charge on any atom is 0.293 e. The van der Waals surface area contributed by atoms with Crippen LogP contribution in [-0.2, 0) is 16.1 Å². The molecule has 0 spiro atoms. The Labute approximate surface area is 192 Å². The number of aromatic nitrogens is 2. The van der Waals surface area contributed by atoms with Gasteiger partial charge in [0, 0.05) is 37.8 Å². The van der Waals surface area contributed by atoms with E-state index >= 15 is 0 Å². The Morgan fingerprint density at radius 3 is 2.69 bits per heavy atom. The number of imide groups is 1. The summed E-state index contributed by atoms with van der Waals surface area (Å²) in [5.74, 6) is -0.733. The smallest absolute Gasteiger partial charge is 0.293 e. The van der Waals surface area contributed by atoms with Gasteiger partial charge in [-0.3, -0.25) is 34.1 Å². The Balaban J connectivity index is 1.54. The molecular formula is C20H20ClN5O5S. The van der Waals surface area contributed by atoms with Gasteiger partial charge in [-0.15, -0.1) is 0 Å². The summed E-state index contributed by atoms with van der Waals surface area (Å²) in [5, 5.41) is 17.5. The average molecular weight is 478 g/mol. The van der Waals surface area contributed by atoms with Crippen molar-refractivity contribution in [2.75, 3.05) is 13.1 Å². The summed E-state index contributed by atoms with van der Waals surface area (Å²) < 4.78 is 1.75. The predicted molar refractivity (Wildman–Crippen MR) is 120 cm³/mol. The van der Waals surface area contributed by atoms with Crippen molar-refractivity contribution in [3.63, 3.8) is 0 Å². The van der Waals surface area contributed by atoms with E-state index in [9.17, 15) is 24.5 Å². The van der Waals surface area contributed by atoms with E-state index in [-0.39, 0.29) is 41.0 Å². The van der Waals surface area contributed by atoms with Crippen LogP contribution >= 0.6 is 23.4 Å². The van der Waals surface area contributed by atoms with Crippen molar-refractivity contribution in [3.8, 4) is 0 Å². The SMILES string of the molecule is Cc1cc(C)n(CCC(=O)NCCN2C(=O)S/C(=C/c3ccc(Cl)c([N+](=O)[O-])c3)C2=O)n1. The highest BCUT2D eigenvalue weighted by Crippen LogP contribution is 2.33. The minimum absolute atomic E-state index is 0.0196. The molecule has 12 heteroatoms. The van der Waals surface area contributed by atoms with Crippen LogP contribution in [-0.4, -0.2) is 49.7 Å². The molecule has 32 heavy (non-hydrogen) atoms. The van der Waals surface area contributed by atoms with Crippen molar-refractivity contribution < 1.29 is 19.3 Å². The molecule has 0 aliphatic carbocycles. The van der Waals surface area contributed by atoms with Crippen LogP contribution in [0, 0.1) is 24.0 Å². The van der Waals surface area contributed by atoms with Crippen LogP contribution in [0.3, 0.4) is 0 Å². The van der Waals surface area contributed by atoms with Gasteiger partial charge in [-0.05, 0) is 49.4 Å².